The minimum atomic E-state index is 0.0414. The van der Waals surface area contributed by atoms with Crippen LogP contribution in [0.15, 0.2) is 4.99 Å². The Hall–Kier alpha value is -0.810. The summed E-state index contributed by atoms with van der Waals surface area (Å²) < 4.78 is 5.09. The van der Waals surface area contributed by atoms with Crippen molar-refractivity contribution in [2.45, 2.75) is 52.6 Å². The molecule has 3 N–H and O–H groups in total. The van der Waals surface area contributed by atoms with Gasteiger partial charge in [-0.3, -0.25) is 9.89 Å². The van der Waals surface area contributed by atoms with Crippen molar-refractivity contribution >= 4 is 5.96 Å². The van der Waals surface area contributed by atoms with Gasteiger partial charge in [-0.2, -0.15) is 0 Å². The molecule has 0 saturated carbocycles. The number of hydrogen-bond donors (Lipinski definition) is 2. The summed E-state index contributed by atoms with van der Waals surface area (Å²) in [6.07, 6.45) is 1.33. The SMILES string of the molecule is COCC(C)NC(N)=NCC(C)(C)N1CC(C)CC(C)C1. The van der Waals surface area contributed by atoms with Gasteiger partial charge < -0.3 is 15.8 Å². The zero-order valence-corrected chi connectivity index (χ0v) is 14.6. The van der Waals surface area contributed by atoms with E-state index in [1.54, 1.807) is 7.11 Å². The second-order valence-corrected chi connectivity index (χ2v) is 7.37. The highest BCUT2D eigenvalue weighted by atomic mass is 16.5. The number of rotatable bonds is 6. The van der Waals surface area contributed by atoms with Crippen LogP contribution in [0.25, 0.3) is 0 Å². The number of methoxy groups -OCH3 is 1. The maximum atomic E-state index is 5.96. The summed E-state index contributed by atoms with van der Waals surface area (Å²) in [7, 11) is 1.69. The van der Waals surface area contributed by atoms with Gasteiger partial charge in [0, 0.05) is 31.8 Å². The first-order valence-corrected chi connectivity index (χ1v) is 8.05. The van der Waals surface area contributed by atoms with Crippen LogP contribution in [0.1, 0.15) is 41.0 Å². The summed E-state index contributed by atoms with van der Waals surface area (Å²) in [6.45, 7) is 14.9. The van der Waals surface area contributed by atoms with Crippen LogP contribution in [0, 0.1) is 11.8 Å². The summed E-state index contributed by atoms with van der Waals surface area (Å²) >= 11 is 0. The van der Waals surface area contributed by atoms with Crippen LogP contribution in [0.3, 0.4) is 0 Å². The van der Waals surface area contributed by atoms with Crippen LogP contribution in [0.2, 0.25) is 0 Å². The summed E-state index contributed by atoms with van der Waals surface area (Å²) in [4.78, 5) is 7.09. The Bertz CT molecular complexity index is 333. The molecule has 1 aliphatic heterocycles. The quantitative estimate of drug-likeness (QED) is 0.578. The lowest BCUT2D eigenvalue weighted by Gasteiger charge is -2.44. The number of nitrogens with one attached hydrogen (secondary N) is 1. The third-order valence-electron chi connectivity index (χ3n) is 4.17. The smallest absolute Gasteiger partial charge is 0.188 e. The van der Waals surface area contributed by atoms with Crippen molar-refractivity contribution in [3.05, 3.63) is 0 Å². The molecule has 5 nitrogen and oxygen atoms in total. The highest BCUT2D eigenvalue weighted by molar-refractivity contribution is 5.78. The number of nitrogens with zero attached hydrogens (tertiary/aromatic N) is 2. The molecule has 21 heavy (non-hydrogen) atoms. The van der Waals surface area contributed by atoms with Crippen molar-refractivity contribution in [1.29, 1.82) is 0 Å². The molecule has 1 aliphatic rings. The maximum Gasteiger partial charge on any atom is 0.188 e. The maximum absolute atomic E-state index is 5.96. The monoisotopic (exact) mass is 298 g/mol. The Kier molecular flexibility index (Phi) is 6.94. The van der Waals surface area contributed by atoms with Crippen molar-refractivity contribution in [1.82, 2.24) is 10.2 Å². The molecule has 0 aromatic carbocycles. The summed E-state index contributed by atoms with van der Waals surface area (Å²) in [6, 6.07) is 0.178. The summed E-state index contributed by atoms with van der Waals surface area (Å²) in [5.74, 6) is 2.02. The Balaban J connectivity index is 2.54. The van der Waals surface area contributed by atoms with Crippen LogP contribution in [0.4, 0.5) is 0 Å². The molecule has 0 aliphatic carbocycles. The molecule has 0 bridgehead atoms. The predicted molar refractivity (Wildman–Crippen MR) is 89.6 cm³/mol. The number of piperidine rings is 1. The van der Waals surface area contributed by atoms with E-state index >= 15 is 0 Å². The van der Waals surface area contributed by atoms with E-state index in [4.69, 9.17) is 10.5 Å². The zero-order chi connectivity index (χ0) is 16.0. The second-order valence-electron chi connectivity index (χ2n) is 7.37. The fourth-order valence-electron chi connectivity index (χ4n) is 3.13. The molecule has 3 atom stereocenters. The average molecular weight is 298 g/mol. The van der Waals surface area contributed by atoms with Gasteiger partial charge in [0.1, 0.15) is 0 Å². The van der Waals surface area contributed by atoms with Gasteiger partial charge in [-0.15, -0.1) is 0 Å². The van der Waals surface area contributed by atoms with Gasteiger partial charge in [0.25, 0.3) is 0 Å². The molecule has 1 rings (SSSR count). The van der Waals surface area contributed by atoms with Gasteiger partial charge in [0.2, 0.25) is 0 Å². The van der Waals surface area contributed by atoms with Crippen molar-refractivity contribution in [2.24, 2.45) is 22.6 Å². The highest BCUT2D eigenvalue weighted by Gasteiger charge is 2.32. The van der Waals surface area contributed by atoms with E-state index < -0.39 is 0 Å². The van der Waals surface area contributed by atoms with E-state index in [1.807, 2.05) is 6.92 Å². The Morgan fingerprint density at radius 3 is 2.48 bits per heavy atom. The third-order valence-corrected chi connectivity index (χ3v) is 4.17. The highest BCUT2D eigenvalue weighted by Crippen LogP contribution is 2.27. The molecule has 0 amide bonds. The molecule has 0 aromatic heterocycles. The topological polar surface area (TPSA) is 62.9 Å². The van der Waals surface area contributed by atoms with E-state index in [0.29, 0.717) is 19.1 Å². The number of hydrogen-bond acceptors (Lipinski definition) is 3. The fraction of sp³-hybridized carbons (Fsp3) is 0.938. The molecule has 0 spiro atoms. The second kappa shape index (κ2) is 7.99. The van der Waals surface area contributed by atoms with Gasteiger partial charge in [-0.05, 0) is 39.0 Å². The van der Waals surface area contributed by atoms with Crippen LogP contribution in [0.5, 0.6) is 0 Å². The molecule has 0 aromatic rings. The summed E-state index contributed by atoms with van der Waals surface area (Å²) in [5.41, 5.74) is 6.00. The number of likely N-dealkylation sites (tertiary alicyclic amines) is 1. The standard InChI is InChI=1S/C16H34N4O/c1-12-7-13(2)9-20(8-12)16(4,5)11-18-15(17)19-14(3)10-21-6/h12-14H,7-11H2,1-6H3,(H3,17,18,19). The van der Waals surface area contributed by atoms with E-state index in [0.717, 1.165) is 24.9 Å². The van der Waals surface area contributed by atoms with E-state index in [1.165, 1.54) is 6.42 Å². The molecule has 0 radical (unpaired) electrons. The summed E-state index contributed by atoms with van der Waals surface area (Å²) in [5, 5.41) is 3.16. The van der Waals surface area contributed by atoms with Crippen molar-refractivity contribution in [3.63, 3.8) is 0 Å². The van der Waals surface area contributed by atoms with Crippen LogP contribution in [-0.2, 0) is 4.74 Å². The minimum absolute atomic E-state index is 0.0414. The molecular weight excluding hydrogens is 264 g/mol. The van der Waals surface area contributed by atoms with Crippen molar-refractivity contribution in [2.75, 3.05) is 33.4 Å². The molecule has 124 valence electrons. The van der Waals surface area contributed by atoms with Crippen LogP contribution < -0.4 is 11.1 Å². The van der Waals surface area contributed by atoms with Crippen LogP contribution >= 0.6 is 0 Å². The largest absolute Gasteiger partial charge is 0.383 e. The molecule has 1 saturated heterocycles. The zero-order valence-electron chi connectivity index (χ0n) is 14.6. The van der Waals surface area contributed by atoms with Gasteiger partial charge >= 0.3 is 0 Å². The lowest BCUT2D eigenvalue weighted by Crippen LogP contribution is -2.53. The van der Waals surface area contributed by atoms with Crippen LogP contribution in [-0.4, -0.2) is 55.8 Å². The number of guanidine groups is 1. The predicted octanol–water partition coefficient (Wildman–Crippen LogP) is 1.68. The molecule has 3 unspecified atom stereocenters. The number of nitrogens with two attached hydrogens (primary N) is 1. The third kappa shape index (κ3) is 6.22. The number of ether oxygens (including phenoxy) is 1. The fourth-order valence-corrected chi connectivity index (χ4v) is 3.13. The minimum Gasteiger partial charge on any atom is -0.383 e. The lowest BCUT2D eigenvalue weighted by atomic mass is 9.88. The first kappa shape index (κ1) is 18.2. The molecular formula is C16H34N4O. The van der Waals surface area contributed by atoms with Gasteiger partial charge in [-0.1, -0.05) is 13.8 Å². The average Bonchev–Trinajstić information content (AvgIpc) is 2.35. The molecule has 5 heteroatoms. The Morgan fingerprint density at radius 2 is 1.95 bits per heavy atom. The Labute approximate surface area is 130 Å². The first-order chi connectivity index (χ1) is 9.74. The molecule has 1 fully saturated rings. The van der Waals surface area contributed by atoms with Gasteiger partial charge in [-0.25, -0.2) is 0 Å². The lowest BCUT2D eigenvalue weighted by molar-refractivity contribution is 0.0512. The van der Waals surface area contributed by atoms with Crippen molar-refractivity contribution < 1.29 is 4.74 Å². The van der Waals surface area contributed by atoms with E-state index in [9.17, 15) is 0 Å². The molecule has 1 heterocycles. The van der Waals surface area contributed by atoms with E-state index in [2.05, 4.69) is 42.9 Å². The van der Waals surface area contributed by atoms with Gasteiger partial charge in [0.15, 0.2) is 5.96 Å². The van der Waals surface area contributed by atoms with Gasteiger partial charge in [0.05, 0.1) is 13.2 Å². The normalized spacial score (nSPS) is 26.7. The number of aliphatic imine (C=N–C) groups is 1. The van der Waals surface area contributed by atoms with E-state index in [-0.39, 0.29) is 11.6 Å². The Morgan fingerprint density at radius 1 is 1.38 bits per heavy atom. The van der Waals surface area contributed by atoms with Crippen molar-refractivity contribution in [3.8, 4) is 0 Å². The first-order valence-electron chi connectivity index (χ1n) is 8.05.